The van der Waals surface area contributed by atoms with Crippen LogP contribution in [-0.2, 0) is 4.74 Å². The van der Waals surface area contributed by atoms with Gasteiger partial charge in [0.05, 0.1) is 0 Å². The van der Waals surface area contributed by atoms with Gasteiger partial charge in [0.15, 0.2) is 0 Å². The molecule has 4 rings (SSSR count). The lowest BCUT2D eigenvalue weighted by atomic mass is 9.80. The quantitative estimate of drug-likeness (QED) is 0.662. The van der Waals surface area contributed by atoms with Gasteiger partial charge in [-0.2, -0.15) is 0 Å². The van der Waals surface area contributed by atoms with E-state index in [1.165, 1.54) is 0 Å². The lowest BCUT2D eigenvalue weighted by molar-refractivity contribution is 0.0731. The predicted molar refractivity (Wildman–Crippen MR) is 102 cm³/mol. The second-order valence-corrected chi connectivity index (χ2v) is 6.89. The summed E-state index contributed by atoms with van der Waals surface area (Å²) in [5.74, 6) is 1.18. The summed E-state index contributed by atoms with van der Waals surface area (Å²) in [7, 11) is 1.62. The number of methoxy groups -OCH3 is 1. The zero-order valence-electron chi connectivity index (χ0n) is 15.8. The molecule has 1 aliphatic rings. The SMILES string of the molecule is CCC(OC)c1nnc(C2CC(NC(=O)c3cc(-c4ccccc4)no3)C2)o1.[HH]. The van der Waals surface area contributed by atoms with Crippen LogP contribution in [0, 0.1) is 0 Å². The topological polar surface area (TPSA) is 103 Å². The van der Waals surface area contributed by atoms with Crippen LogP contribution in [-0.4, -0.2) is 34.4 Å². The van der Waals surface area contributed by atoms with Crippen molar-refractivity contribution in [2.24, 2.45) is 0 Å². The summed E-state index contributed by atoms with van der Waals surface area (Å²) in [6, 6.07) is 11.3. The molecule has 148 valence electrons. The lowest BCUT2D eigenvalue weighted by Crippen LogP contribution is -2.43. The van der Waals surface area contributed by atoms with Gasteiger partial charge in [-0.3, -0.25) is 4.79 Å². The highest BCUT2D eigenvalue weighted by Gasteiger charge is 2.36. The molecule has 0 radical (unpaired) electrons. The van der Waals surface area contributed by atoms with E-state index in [4.69, 9.17) is 13.7 Å². The van der Waals surface area contributed by atoms with Crippen molar-refractivity contribution >= 4 is 5.91 Å². The second kappa shape index (κ2) is 7.93. The summed E-state index contributed by atoms with van der Waals surface area (Å²) < 4.78 is 16.3. The number of rotatable bonds is 7. The molecule has 1 aliphatic carbocycles. The Bertz CT molecular complexity index is 933. The number of carbonyl (C=O) groups excluding carboxylic acids is 1. The molecule has 1 atom stereocenters. The Morgan fingerprint density at radius 3 is 2.82 bits per heavy atom. The van der Waals surface area contributed by atoms with Crippen molar-refractivity contribution in [3.8, 4) is 11.3 Å². The first-order valence-corrected chi connectivity index (χ1v) is 9.37. The molecule has 1 saturated carbocycles. The molecule has 0 spiro atoms. The molecular weight excluding hydrogens is 360 g/mol. The van der Waals surface area contributed by atoms with E-state index >= 15 is 0 Å². The normalized spacial score (nSPS) is 19.8. The molecule has 2 heterocycles. The molecule has 0 aliphatic heterocycles. The first-order valence-electron chi connectivity index (χ1n) is 9.37. The van der Waals surface area contributed by atoms with E-state index in [0.717, 1.165) is 24.8 Å². The highest BCUT2D eigenvalue weighted by Crippen LogP contribution is 2.37. The molecule has 1 amide bonds. The monoisotopic (exact) mass is 384 g/mol. The highest BCUT2D eigenvalue weighted by atomic mass is 16.5. The van der Waals surface area contributed by atoms with Crippen LogP contribution in [0.15, 0.2) is 45.3 Å². The third-order valence-electron chi connectivity index (χ3n) is 5.01. The summed E-state index contributed by atoms with van der Waals surface area (Å²) in [6.07, 6.45) is 2.08. The Hall–Kier alpha value is -3.00. The minimum atomic E-state index is -0.269. The van der Waals surface area contributed by atoms with E-state index in [0.29, 0.717) is 17.5 Å². The van der Waals surface area contributed by atoms with Gasteiger partial charge in [0.2, 0.25) is 17.5 Å². The predicted octanol–water partition coefficient (Wildman–Crippen LogP) is 3.74. The van der Waals surface area contributed by atoms with E-state index in [1.54, 1.807) is 13.2 Å². The minimum Gasteiger partial charge on any atom is -0.422 e. The third kappa shape index (κ3) is 3.68. The van der Waals surface area contributed by atoms with Crippen LogP contribution in [0.2, 0.25) is 0 Å². The molecule has 28 heavy (non-hydrogen) atoms. The molecule has 8 heteroatoms. The Morgan fingerprint density at radius 1 is 1.32 bits per heavy atom. The summed E-state index contributed by atoms with van der Waals surface area (Å²) in [6.45, 7) is 2.00. The van der Waals surface area contributed by atoms with E-state index in [-0.39, 0.29) is 31.2 Å². The molecule has 1 N–H and O–H groups in total. The lowest BCUT2D eigenvalue weighted by Gasteiger charge is -2.33. The fourth-order valence-corrected chi connectivity index (χ4v) is 3.30. The standard InChI is InChI=1S/C20H22N4O4.H2/c1-3-16(26-2)20-23-22-19(27-20)13-9-14(10-13)21-18(25)17-11-15(24-28-17)12-7-5-4-6-8-12;/h4-8,11,13-14,16H,3,9-10H2,1-2H3,(H,21,25);1H. The van der Waals surface area contributed by atoms with Crippen molar-refractivity contribution in [3.05, 3.63) is 53.9 Å². The Labute approximate surface area is 163 Å². The maximum Gasteiger partial charge on any atom is 0.290 e. The molecule has 1 unspecified atom stereocenters. The molecule has 8 nitrogen and oxygen atoms in total. The summed E-state index contributed by atoms with van der Waals surface area (Å²) in [4.78, 5) is 12.4. The molecule has 0 saturated heterocycles. The Kier molecular flexibility index (Phi) is 5.21. The number of aromatic nitrogens is 3. The largest absolute Gasteiger partial charge is 0.422 e. The first-order chi connectivity index (χ1) is 13.7. The summed E-state index contributed by atoms with van der Waals surface area (Å²) in [5.41, 5.74) is 1.54. The second-order valence-electron chi connectivity index (χ2n) is 6.89. The van der Waals surface area contributed by atoms with E-state index < -0.39 is 0 Å². The van der Waals surface area contributed by atoms with Gasteiger partial charge in [-0.15, -0.1) is 10.2 Å². The van der Waals surface area contributed by atoms with Gasteiger partial charge in [0, 0.05) is 32.1 Å². The highest BCUT2D eigenvalue weighted by molar-refractivity contribution is 5.92. The van der Waals surface area contributed by atoms with E-state index in [2.05, 4.69) is 20.7 Å². The molecular formula is C20H24N4O4. The van der Waals surface area contributed by atoms with Crippen molar-refractivity contribution in [3.63, 3.8) is 0 Å². The number of nitrogens with zero attached hydrogens (tertiary/aromatic N) is 3. The molecule has 2 aromatic heterocycles. The van der Waals surface area contributed by atoms with Crippen LogP contribution < -0.4 is 5.32 Å². The molecule has 1 fully saturated rings. The summed E-state index contributed by atoms with van der Waals surface area (Å²) >= 11 is 0. The van der Waals surface area contributed by atoms with E-state index in [9.17, 15) is 4.79 Å². The van der Waals surface area contributed by atoms with Crippen molar-refractivity contribution < 1.29 is 19.9 Å². The van der Waals surface area contributed by atoms with Crippen molar-refractivity contribution in [1.82, 2.24) is 20.7 Å². The van der Waals surface area contributed by atoms with E-state index in [1.807, 2.05) is 37.3 Å². The van der Waals surface area contributed by atoms with Crippen LogP contribution >= 0.6 is 0 Å². The molecule has 1 aromatic carbocycles. The number of amides is 1. The maximum atomic E-state index is 12.4. The summed E-state index contributed by atoms with van der Waals surface area (Å²) in [5, 5.41) is 15.1. The number of carbonyl (C=O) groups is 1. The molecule has 0 bridgehead atoms. The number of hydrogen-bond acceptors (Lipinski definition) is 7. The van der Waals surface area contributed by atoms with Crippen LogP contribution in [0.4, 0.5) is 0 Å². The van der Waals surface area contributed by atoms with Crippen LogP contribution in [0.25, 0.3) is 11.3 Å². The number of benzene rings is 1. The van der Waals surface area contributed by atoms with Crippen molar-refractivity contribution in [2.75, 3.05) is 7.11 Å². The maximum absolute atomic E-state index is 12.4. The molecule has 3 aromatic rings. The number of ether oxygens (including phenoxy) is 1. The average molecular weight is 384 g/mol. The zero-order chi connectivity index (χ0) is 19.5. The number of hydrogen-bond donors (Lipinski definition) is 1. The fraction of sp³-hybridized carbons (Fsp3) is 0.400. The van der Waals surface area contributed by atoms with Gasteiger partial charge >= 0.3 is 0 Å². The number of nitrogens with one attached hydrogen (secondary N) is 1. The van der Waals surface area contributed by atoms with Crippen molar-refractivity contribution in [2.45, 2.75) is 44.2 Å². The third-order valence-corrected chi connectivity index (χ3v) is 5.01. The average Bonchev–Trinajstić information content (AvgIpc) is 3.36. The smallest absolute Gasteiger partial charge is 0.290 e. The van der Waals surface area contributed by atoms with Gasteiger partial charge in [0.25, 0.3) is 5.91 Å². The Morgan fingerprint density at radius 2 is 2.11 bits per heavy atom. The fourth-order valence-electron chi connectivity index (χ4n) is 3.30. The van der Waals surface area contributed by atoms with Crippen LogP contribution in [0.5, 0.6) is 0 Å². The van der Waals surface area contributed by atoms with Gasteiger partial charge < -0.3 is 19.0 Å². The first kappa shape index (κ1) is 18.4. The minimum absolute atomic E-state index is 0. The Balaban J connectivity index is 0.00000240. The van der Waals surface area contributed by atoms with Crippen molar-refractivity contribution in [1.29, 1.82) is 0 Å². The van der Waals surface area contributed by atoms with Crippen LogP contribution in [0.3, 0.4) is 0 Å². The zero-order valence-corrected chi connectivity index (χ0v) is 15.8. The van der Waals surface area contributed by atoms with Gasteiger partial charge in [-0.25, -0.2) is 0 Å². The van der Waals surface area contributed by atoms with Gasteiger partial charge in [-0.1, -0.05) is 42.4 Å². The van der Waals surface area contributed by atoms with Gasteiger partial charge in [-0.05, 0) is 19.3 Å². The van der Waals surface area contributed by atoms with Gasteiger partial charge in [0.1, 0.15) is 11.8 Å². The van der Waals surface area contributed by atoms with Crippen LogP contribution in [0.1, 0.15) is 62.0 Å².